The molecular weight excluding hydrogens is 238 g/mol. The van der Waals surface area contributed by atoms with E-state index in [1.54, 1.807) is 30.0 Å². The van der Waals surface area contributed by atoms with E-state index < -0.39 is 0 Å². The van der Waals surface area contributed by atoms with E-state index >= 15 is 0 Å². The minimum Gasteiger partial charge on any atom is -0.393 e. The summed E-state index contributed by atoms with van der Waals surface area (Å²) < 4.78 is 0. The quantitative estimate of drug-likeness (QED) is 0.878. The van der Waals surface area contributed by atoms with Gasteiger partial charge in [0.25, 0.3) is 5.91 Å². The van der Waals surface area contributed by atoms with Crippen LogP contribution in [0.2, 0.25) is 5.02 Å². The monoisotopic (exact) mass is 253 g/mol. The van der Waals surface area contributed by atoms with Crippen LogP contribution in [-0.2, 0) is 0 Å². The maximum atomic E-state index is 12.2. The van der Waals surface area contributed by atoms with Crippen molar-refractivity contribution in [1.82, 2.24) is 4.90 Å². The molecule has 1 aliphatic rings. The molecule has 1 saturated heterocycles. The van der Waals surface area contributed by atoms with Gasteiger partial charge in [-0.1, -0.05) is 23.7 Å². The smallest absolute Gasteiger partial charge is 0.255 e. The molecule has 2 atom stereocenters. The minimum absolute atomic E-state index is 0.0428. The van der Waals surface area contributed by atoms with Crippen molar-refractivity contribution >= 4 is 17.5 Å². The molecule has 2 rings (SSSR count). The minimum atomic E-state index is -0.362. The van der Waals surface area contributed by atoms with E-state index in [2.05, 4.69) is 0 Å². The van der Waals surface area contributed by atoms with Gasteiger partial charge in [0.1, 0.15) is 0 Å². The van der Waals surface area contributed by atoms with Gasteiger partial charge in [0, 0.05) is 19.0 Å². The summed E-state index contributed by atoms with van der Waals surface area (Å²) in [5.74, 6) is 0.139. The predicted molar refractivity (Wildman–Crippen MR) is 67.1 cm³/mol. The van der Waals surface area contributed by atoms with Crippen LogP contribution in [0.1, 0.15) is 23.7 Å². The summed E-state index contributed by atoms with van der Waals surface area (Å²) in [5.41, 5.74) is 0.542. The first-order valence-electron chi connectivity index (χ1n) is 5.81. The highest BCUT2D eigenvalue weighted by Gasteiger charge is 2.30. The fraction of sp³-hybridized carbons (Fsp3) is 0.462. The molecule has 1 aliphatic heterocycles. The van der Waals surface area contributed by atoms with E-state index in [1.807, 2.05) is 6.07 Å². The normalized spacial score (nSPS) is 21.6. The summed E-state index contributed by atoms with van der Waals surface area (Å²) in [7, 11) is 0. The van der Waals surface area contributed by atoms with Crippen LogP contribution in [0.3, 0.4) is 0 Å². The van der Waals surface area contributed by atoms with Gasteiger partial charge >= 0.3 is 0 Å². The maximum absolute atomic E-state index is 12.2. The van der Waals surface area contributed by atoms with Crippen LogP contribution >= 0.6 is 11.6 Å². The third-order valence-electron chi connectivity index (χ3n) is 3.30. The zero-order chi connectivity index (χ0) is 12.4. The summed E-state index contributed by atoms with van der Waals surface area (Å²) in [6, 6.07) is 7.07. The first-order valence-corrected chi connectivity index (χ1v) is 6.19. The van der Waals surface area contributed by atoms with Gasteiger partial charge in [-0.2, -0.15) is 0 Å². The highest BCUT2D eigenvalue weighted by molar-refractivity contribution is 6.33. The van der Waals surface area contributed by atoms with Crippen LogP contribution in [0, 0.1) is 5.92 Å². The molecule has 1 fully saturated rings. The number of aliphatic hydroxyl groups is 1. The zero-order valence-corrected chi connectivity index (χ0v) is 10.5. The molecule has 0 spiro atoms. The van der Waals surface area contributed by atoms with Crippen molar-refractivity contribution in [3.8, 4) is 0 Å². The number of hydrogen-bond donors (Lipinski definition) is 1. The SMILES string of the molecule is CC(O)C1CCN(C(=O)c2ccccc2Cl)C1. The molecule has 4 heteroatoms. The Bertz CT molecular complexity index is 420. The van der Waals surface area contributed by atoms with Crippen LogP contribution in [0.4, 0.5) is 0 Å². The summed E-state index contributed by atoms with van der Waals surface area (Å²) in [5, 5.41) is 10.00. The molecule has 1 N–H and O–H groups in total. The van der Waals surface area contributed by atoms with Gasteiger partial charge < -0.3 is 10.0 Å². The Hall–Kier alpha value is -1.06. The van der Waals surface area contributed by atoms with Gasteiger partial charge in [-0.15, -0.1) is 0 Å². The predicted octanol–water partition coefficient (Wildman–Crippen LogP) is 2.18. The number of carbonyl (C=O) groups is 1. The third kappa shape index (κ3) is 2.61. The molecule has 0 bridgehead atoms. The Morgan fingerprint density at radius 2 is 2.24 bits per heavy atom. The fourth-order valence-corrected chi connectivity index (χ4v) is 2.39. The van der Waals surface area contributed by atoms with Crippen molar-refractivity contribution in [2.24, 2.45) is 5.92 Å². The summed E-state index contributed by atoms with van der Waals surface area (Å²) in [6.45, 7) is 3.08. The molecule has 1 aromatic carbocycles. The Labute approximate surface area is 106 Å². The maximum Gasteiger partial charge on any atom is 0.255 e. The lowest BCUT2D eigenvalue weighted by molar-refractivity contribution is 0.0762. The molecule has 0 aromatic heterocycles. The van der Waals surface area contributed by atoms with E-state index in [4.69, 9.17) is 11.6 Å². The van der Waals surface area contributed by atoms with E-state index in [-0.39, 0.29) is 17.9 Å². The van der Waals surface area contributed by atoms with Gasteiger partial charge in [0.2, 0.25) is 0 Å². The fourth-order valence-electron chi connectivity index (χ4n) is 2.17. The van der Waals surface area contributed by atoms with Crippen molar-refractivity contribution in [2.75, 3.05) is 13.1 Å². The second kappa shape index (κ2) is 5.07. The summed E-state index contributed by atoms with van der Waals surface area (Å²) >= 11 is 6.00. The van der Waals surface area contributed by atoms with E-state index in [0.29, 0.717) is 23.7 Å². The van der Waals surface area contributed by atoms with Crippen molar-refractivity contribution < 1.29 is 9.90 Å². The molecule has 1 aromatic rings. The Morgan fingerprint density at radius 1 is 1.53 bits per heavy atom. The average Bonchev–Trinajstić information content (AvgIpc) is 2.78. The molecule has 17 heavy (non-hydrogen) atoms. The number of halogens is 1. The lowest BCUT2D eigenvalue weighted by Gasteiger charge is -2.18. The van der Waals surface area contributed by atoms with Crippen molar-refractivity contribution in [3.63, 3.8) is 0 Å². The molecular formula is C13H16ClNO2. The molecule has 0 radical (unpaired) electrons. The van der Waals surface area contributed by atoms with Crippen LogP contribution < -0.4 is 0 Å². The molecule has 1 heterocycles. The van der Waals surface area contributed by atoms with E-state index in [0.717, 1.165) is 6.42 Å². The second-order valence-electron chi connectivity index (χ2n) is 4.52. The lowest BCUT2D eigenvalue weighted by atomic mass is 10.0. The summed E-state index contributed by atoms with van der Waals surface area (Å²) in [6.07, 6.45) is 0.493. The number of carbonyl (C=O) groups excluding carboxylic acids is 1. The van der Waals surface area contributed by atoms with E-state index in [9.17, 15) is 9.90 Å². The molecule has 0 aliphatic carbocycles. The van der Waals surface area contributed by atoms with Crippen molar-refractivity contribution in [2.45, 2.75) is 19.4 Å². The topological polar surface area (TPSA) is 40.5 Å². The molecule has 0 saturated carbocycles. The van der Waals surface area contributed by atoms with Gasteiger partial charge in [-0.05, 0) is 25.5 Å². The molecule has 3 nitrogen and oxygen atoms in total. The Morgan fingerprint density at radius 3 is 2.82 bits per heavy atom. The number of benzene rings is 1. The lowest BCUT2D eigenvalue weighted by Crippen LogP contribution is -2.30. The number of nitrogens with zero attached hydrogens (tertiary/aromatic N) is 1. The van der Waals surface area contributed by atoms with Crippen molar-refractivity contribution in [3.05, 3.63) is 34.9 Å². The largest absolute Gasteiger partial charge is 0.393 e. The summed E-state index contributed by atoms with van der Waals surface area (Å²) in [4.78, 5) is 14.0. The number of amides is 1. The van der Waals surface area contributed by atoms with Crippen LogP contribution in [0.5, 0.6) is 0 Å². The van der Waals surface area contributed by atoms with Crippen LogP contribution in [0.25, 0.3) is 0 Å². The first kappa shape index (κ1) is 12.4. The molecule has 1 amide bonds. The van der Waals surface area contributed by atoms with Crippen molar-refractivity contribution in [1.29, 1.82) is 0 Å². The van der Waals surface area contributed by atoms with Gasteiger partial charge in [-0.25, -0.2) is 0 Å². The number of likely N-dealkylation sites (tertiary alicyclic amines) is 1. The number of aliphatic hydroxyl groups excluding tert-OH is 1. The standard InChI is InChI=1S/C13H16ClNO2/c1-9(16)10-6-7-15(8-10)13(17)11-4-2-3-5-12(11)14/h2-5,9-10,16H,6-8H2,1H3. The highest BCUT2D eigenvalue weighted by Crippen LogP contribution is 2.24. The Kier molecular flexibility index (Phi) is 3.69. The Balaban J connectivity index is 2.10. The van der Waals surface area contributed by atoms with Gasteiger partial charge in [0.05, 0.1) is 16.7 Å². The highest BCUT2D eigenvalue weighted by atomic mass is 35.5. The first-order chi connectivity index (χ1) is 8.09. The average molecular weight is 254 g/mol. The molecule has 92 valence electrons. The van der Waals surface area contributed by atoms with Crippen LogP contribution in [-0.4, -0.2) is 35.1 Å². The second-order valence-corrected chi connectivity index (χ2v) is 4.93. The number of rotatable bonds is 2. The van der Waals surface area contributed by atoms with Crippen LogP contribution in [0.15, 0.2) is 24.3 Å². The third-order valence-corrected chi connectivity index (χ3v) is 3.63. The van der Waals surface area contributed by atoms with Gasteiger partial charge in [-0.3, -0.25) is 4.79 Å². The molecule has 2 unspecified atom stereocenters. The van der Waals surface area contributed by atoms with Gasteiger partial charge in [0.15, 0.2) is 0 Å². The zero-order valence-electron chi connectivity index (χ0n) is 9.77. The van der Waals surface area contributed by atoms with E-state index in [1.165, 1.54) is 0 Å². The number of hydrogen-bond acceptors (Lipinski definition) is 2.